The molecular weight excluding hydrogens is 384 g/mol. The topological polar surface area (TPSA) is 88.5 Å². The van der Waals surface area contributed by atoms with Crippen LogP contribution in [0.3, 0.4) is 0 Å². The lowest BCUT2D eigenvalue weighted by Crippen LogP contribution is -2.42. The van der Waals surface area contributed by atoms with Gasteiger partial charge < -0.3 is 15.2 Å². The Morgan fingerprint density at radius 3 is 2.81 bits per heavy atom. The Morgan fingerprint density at radius 1 is 1.33 bits per heavy atom. The zero-order chi connectivity index (χ0) is 19.4. The molecule has 0 aliphatic heterocycles. The number of rotatable bonds is 7. The molecule has 0 fully saturated rings. The number of carboxylic acids is 1. The van der Waals surface area contributed by atoms with Gasteiger partial charge in [-0.05, 0) is 42.6 Å². The molecule has 0 aliphatic rings. The molecule has 1 atom stereocenters. The standard InChI is InChI=1S/C19H18N2O4S2/c1-11-8-17(13-9-12(25-2)5-6-14(13)20-11)27-10-15(19(23)24)21-18(22)16-4-3-7-26-16/h3-9,15H,10H2,1-2H3,(H,21,22)(H,23,24)/t15-/m1/s1. The van der Waals surface area contributed by atoms with Crippen LogP contribution in [0.4, 0.5) is 0 Å². The number of methoxy groups -OCH3 is 1. The van der Waals surface area contributed by atoms with Crippen molar-refractivity contribution in [2.45, 2.75) is 17.9 Å². The number of carbonyl (C=O) groups is 2. The maximum atomic E-state index is 12.2. The summed E-state index contributed by atoms with van der Waals surface area (Å²) in [5, 5.41) is 14.7. The number of carbonyl (C=O) groups excluding carboxylic acids is 1. The minimum absolute atomic E-state index is 0.197. The minimum atomic E-state index is -1.07. The van der Waals surface area contributed by atoms with Crippen LogP contribution in [0.5, 0.6) is 5.75 Å². The number of pyridine rings is 1. The number of aromatic nitrogens is 1. The Hall–Kier alpha value is -2.58. The summed E-state index contributed by atoms with van der Waals surface area (Å²) < 4.78 is 5.28. The van der Waals surface area contributed by atoms with E-state index in [1.54, 1.807) is 24.6 Å². The number of amides is 1. The first-order chi connectivity index (χ1) is 13.0. The lowest BCUT2D eigenvalue weighted by Gasteiger charge is -2.15. The molecule has 0 bridgehead atoms. The fourth-order valence-electron chi connectivity index (χ4n) is 2.53. The fraction of sp³-hybridized carbons (Fsp3) is 0.211. The molecule has 1 aromatic carbocycles. The van der Waals surface area contributed by atoms with Gasteiger partial charge in [-0.25, -0.2) is 4.79 Å². The minimum Gasteiger partial charge on any atom is -0.497 e. The zero-order valence-electron chi connectivity index (χ0n) is 14.8. The number of hydrogen-bond acceptors (Lipinski definition) is 6. The van der Waals surface area contributed by atoms with Gasteiger partial charge in [-0.1, -0.05) is 6.07 Å². The monoisotopic (exact) mass is 402 g/mol. The van der Waals surface area contributed by atoms with Crippen LogP contribution in [0, 0.1) is 6.92 Å². The van der Waals surface area contributed by atoms with Gasteiger partial charge in [0.1, 0.15) is 11.8 Å². The Morgan fingerprint density at radius 2 is 2.15 bits per heavy atom. The number of nitrogens with zero attached hydrogens (tertiary/aromatic N) is 1. The Balaban J connectivity index is 1.80. The molecule has 0 saturated carbocycles. The zero-order valence-corrected chi connectivity index (χ0v) is 16.4. The summed E-state index contributed by atoms with van der Waals surface area (Å²) in [7, 11) is 1.59. The number of thiophene rings is 1. The highest BCUT2D eigenvalue weighted by Gasteiger charge is 2.22. The molecule has 27 heavy (non-hydrogen) atoms. The van der Waals surface area contributed by atoms with Crippen LogP contribution in [-0.2, 0) is 4.79 Å². The van der Waals surface area contributed by atoms with Crippen LogP contribution in [0.2, 0.25) is 0 Å². The van der Waals surface area contributed by atoms with Crippen molar-refractivity contribution in [2.24, 2.45) is 0 Å². The molecule has 3 rings (SSSR count). The molecule has 1 amide bonds. The summed E-state index contributed by atoms with van der Waals surface area (Å²) in [6.07, 6.45) is 0. The highest BCUT2D eigenvalue weighted by atomic mass is 32.2. The smallest absolute Gasteiger partial charge is 0.327 e. The molecule has 0 radical (unpaired) electrons. The predicted octanol–water partition coefficient (Wildman–Crippen LogP) is 3.59. The van der Waals surface area contributed by atoms with E-state index in [-0.39, 0.29) is 11.7 Å². The molecule has 2 heterocycles. The maximum absolute atomic E-state index is 12.2. The number of carboxylic acid groups (broad SMARTS) is 1. The number of fused-ring (bicyclic) bond motifs is 1. The summed E-state index contributed by atoms with van der Waals surface area (Å²) in [5.74, 6) is -0.548. The number of aryl methyl sites for hydroxylation is 1. The first kappa shape index (κ1) is 19.2. The fourth-order valence-corrected chi connectivity index (χ4v) is 4.30. The number of thioether (sulfide) groups is 1. The number of benzene rings is 1. The first-order valence-electron chi connectivity index (χ1n) is 8.13. The van der Waals surface area contributed by atoms with Crippen molar-refractivity contribution in [3.8, 4) is 5.75 Å². The molecule has 3 aromatic rings. The van der Waals surface area contributed by atoms with E-state index < -0.39 is 12.0 Å². The van der Waals surface area contributed by atoms with Crippen LogP contribution in [-0.4, -0.2) is 40.9 Å². The van der Waals surface area contributed by atoms with Crippen molar-refractivity contribution < 1.29 is 19.4 Å². The van der Waals surface area contributed by atoms with E-state index in [1.165, 1.54) is 23.1 Å². The molecule has 2 N–H and O–H groups in total. The Bertz CT molecular complexity index is 973. The quantitative estimate of drug-likeness (QED) is 0.587. The van der Waals surface area contributed by atoms with E-state index in [0.29, 0.717) is 10.6 Å². The molecule has 8 heteroatoms. The van der Waals surface area contributed by atoms with E-state index >= 15 is 0 Å². The maximum Gasteiger partial charge on any atom is 0.327 e. The lowest BCUT2D eigenvalue weighted by atomic mass is 10.2. The largest absolute Gasteiger partial charge is 0.497 e. The first-order valence-corrected chi connectivity index (χ1v) is 10.00. The van der Waals surface area contributed by atoms with Crippen LogP contribution in [0.25, 0.3) is 10.9 Å². The third-order valence-corrected chi connectivity index (χ3v) is 5.88. The van der Waals surface area contributed by atoms with Crippen LogP contribution >= 0.6 is 23.1 Å². The molecule has 2 aromatic heterocycles. The average Bonchev–Trinajstić information content (AvgIpc) is 3.19. The van der Waals surface area contributed by atoms with Gasteiger partial charge in [0.25, 0.3) is 5.91 Å². The molecule has 0 aliphatic carbocycles. The molecule has 0 saturated heterocycles. The van der Waals surface area contributed by atoms with Crippen molar-refractivity contribution in [2.75, 3.05) is 12.9 Å². The van der Waals surface area contributed by atoms with Gasteiger partial charge in [0.05, 0.1) is 17.5 Å². The second kappa shape index (κ2) is 8.41. The van der Waals surface area contributed by atoms with Crippen LogP contribution in [0.1, 0.15) is 15.4 Å². The highest BCUT2D eigenvalue weighted by molar-refractivity contribution is 7.99. The van der Waals surface area contributed by atoms with Gasteiger partial charge in [-0.15, -0.1) is 23.1 Å². The van der Waals surface area contributed by atoms with Crippen molar-refractivity contribution in [3.63, 3.8) is 0 Å². The van der Waals surface area contributed by atoms with E-state index in [0.717, 1.165) is 21.5 Å². The summed E-state index contributed by atoms with van der Waals surface area (Å²) in [6.45, 7) is 1.89. The highest BCUT2D eigenvalue weighted by Crippen LogP contribution is 2.31. The Kier molecular flexibility index (Phi) is 5.98. The summed E-state index contributed by atoms with van der Waals surface area (Å²) in [4.78, 5) is 29.7. The Labute approximate surface area is 164 Å². The van der Waals surface area contributed by atoms with Gasteiger partial charge >= 0.3 is 5.97 Å². The van der Waals surface area contributed by atoms with Crippen molar-refractivity contribution in [3.05, 3.63) is 52.3 Å². The van der Waals surface area contributed by atoms with E-state index in [2.05, 4.69) is 10.3 Å². The summed E-state index contributed by atoms with van der Waals surface area (Å²) >= 11 is 2.64. The second-order valence-corrected chi connectivity index (χ2v) is 7.81. The SMILES string of the molecule is COc1ccc2nc(C)cc(SC[C@@H](NC(=O)c3cccs3)C(=O)O)c2c1. The van der Waals surface area contributed by atoms with Crippen molar-refractivity contribution in [1.29, 1.82) is 0 Å². The van der Waals surface area contributed by atoms with Gasteiger partial charge in [-0.3, -0.25) is 9.78 Å². The van der Waals surface area contributed by atoms with Crippen LogP contribution in [0.15, 0.2) is 46.7 Å². The van der Waals surface area contributed by atoms with E-state index in [9.17, 15) is 14.7 Å². The third kappa shape index (κ3) is 4.58. The van der Waals surface area contributed by atoms with Crippen molar-refractivity contribution in [1.82, 2.24) is 10.3 Å². The molecule has 140 valence electrons. The lowest BCUT2D eigenvalue weighted by molar-refractivity contribution is -0.138. The third-order valence-electron chi connectivity index (χ3n) is 3.86. The van der Waals surface area contributed by atoms with Gasteiger partial charge in [0.2, 0.25) is 0 Å². The van der Waals surface area contributed by atoms with Gasteiger partial charge in [0, 0.05) is 21.7 Å². The summed E-state index contributed by atoms with van der Waals surface area (Å²) in [6, 6.07) is 9.92. The number of aliphatic carboxylic acids is 1. The molecule has 6 nitrogen and oxygen atoms in total. The number of hydrogen-bond donors (Lipinski definition) is 2. The normalized spacial score (nSPS) is 11.9. The average molecular weight is 402 g/mol. The van der Waals surface area contributed by atoms with E-state index in [4.69, 9.17) is 4.74 Å². The molecule has 0 unspecified atom stereocenters. The second-order valence-electron chi connectivity index (χ2n) is 5.80. The van der Waals surface area contributed by atoms with E-state index in [1.807, 2.05) is 31.2 Å². The van der Waals surface area contributed by atoms with Gasteiger partial charge in [0.15, 0.2) is 0 Å². The summed E-state index contributed by atoms with van der Waals surface area (Å²) in [5.41, 5.74) is 1.65. The van der Waals surface area contributed by atoms with Crippen molar-refractivity contribution >= 4 is 45.9 Å². The van der Waals surface area contributed by atoms with Gasteiger partial charge in [-0.2, -0.15) is 0 Å². The van der Waals surface area contributed by atoms with Crippen LogP contribution < -0.4 is 10.1 Å². The molecular formula is C19H18N2O4S2. The molecule has 0 spiro atoms. The number of ether oxygens (including phenoxy) is 1. The number of nitrogens with one attached hydrogen (secondary N) is 1. The predicted molar refractivity (Wildman–Crippen MR) is 107 cm³/mol.